The van der Waals surface area contributed by atoms with E-state index in [0.29, 0.717) is 18.0 Å². The van der Waals surface area contributed by atoms with Gasteiger partial charge in [0.05, 0.1) is 19.3 Å². The topological polar surface area (TPSA) is 57.3 Å². The molecule has 0 radical (unpaired) electrons. The largest absolute Gasteiger partial charge is 0.370 e. The predicted octanol–water partition coefficient (Wildman–Crippen LogP) is 0.791. The molecule has 6 nitrogen and oxygen atoms in total. The van der Waals surface area contributed by atoms with Gasteiger partial charge in [-0.25, -0.2) is 4.68 Å². The number of nitrogens with one attached hydrogen (secondary N) is 1. The maximum atomic E-state index is 5.51. The van der Waals surface area contributed by atoms with Crippen molar-refractivity contribution in [3.63, 3.8) is 0 Å². The first-order chi connectivity index (χ1) is 10.3. The number of nitrogens with zero attached hydrogens (tertiary/aromatic N) is 4. The van der Waals surface area contributed by atoms with Crippen molar-refractivity contribution in [2.24, 2.45) is 5.92 Å². The van der Waals surface area contributed by atoms with Crippen LogP contribution in [0.2, 0.25) is 0 Å². The van der Waals surface area contributed by atoms with Gasteiger partial charge in [0, 0.05) is 5.92 Å². The van der Waals surface area contributed by atoms with Gasteiger partial charge in [-0.2, -0.15) is 0 Å². The van der Waals surface area contributed by atoms with Crippen LogP contribution in [0.3, 0.4) is 0 Å². The van der Waals surface area contributed by atoms with Gasteiger partial charge >= 0.3 is 0 Å². The second-order valence-corrected chi connectivity index (χ2v) is 6.77. The molecular formula is C15H28N5O+. The first-order valence-electron chi connectivity index (χ1n) is 8.47. The molecule has 21 heavy (non-hydrogen) atoms. The molecule has 1 aromatic rings. The highest BCUT2D eigenvalue weighted by atomic mass is 16.5. The van der Waals surface area contributed by atoms with Crippen molar-refractivity contribution in [3.8, 4) is 0 Å². The molecule has 3 rings (SSSR count). The molecule has 2 aliphatic rings. The van der Waals surface area contributed by atoms with E-state index in [9.17, 15) is 0 Å². The van der Waals surface area contributed by atoms with Gasteiger partial charge < -0.3 is 9.64 Å². The van der Waals surface area contributed by atoms with E-state index < -0.39 is 0 Å². The first-order valence-corrected chi connectivity index (χ1v) is 8.47. The highest BCUT2D eigenvalue weighted by Crippen LogP contribution is 2.29. The van der Waals surface area contributed by atoms with E-state index in [1.165, 1.54) is 32.1 Å². The van der Waals surface area contributed by atoms with E-state index in [-0.39, 0.29) is 0 Å². The summed E-state index contributed by atoms with van der Waals surface area (Å²) in [7, 11) is 0. The minimum atomic E-state index is 0.380. The number of rotatable bonds is 4. The molecule has 2 fully saturated rings. The van der Waals surface area contributed by atoms with Gasteiger partial charge in [-0.05, 0) is 23.3 Å². The average molecular weight is 294 g/mol. The molecule has 0 aromatic carbocycles. The van der Waals surface area contributed by atoms with Crippen LogP contribution >= 0.6 is 0 Å². The standard InChI is InChI=1S/C15H27N5O/c1-12(2)14(19-8-10-21-11-9-19)15-16-17-18-20(15)13-6-4-3-5-7-13/h12-14H,3-11H2,1-2H3/p+1/t14-/m1/s1. The normalized spacial score (nSPS) is 23.6. The fourth-order valence-electron chi connectivity index (χ4n) is 3.89. The molecule has 1 saturated heterocycles. The number of ether oxygens (including phenoxy) is 1. The van der Waals surface area contributed by atoms with E-state index in [4.69, 9.17) is 4.74 Å². The van der Waals surface area contributed by atoms with E-state index in [2.05, 4.69) is 34.1 Å². The highest BCUT2D eigenvalue weighted by molar-refractivity contribution is 4.92. The minimum absolute atomic E-state index is 0.380. The zero-order valence-corrected chi connectivity index (χ0v) is 13.3. The molecular weight excluding hydrogens is 266 g/mol. The van der Waals surface area contributed by atoms with Crippen molar-refractivity contribution in [1.82, 2.24) is 20.2 Å². The maximum absolute atomic E-state index is 5.51. The lowest BCUT2D eigenvalue weighted by atomic mass is 9.94. The van der Waals surface area contributed by atoms with Crippen LogP contribution in [0.15, 0.2) is 0 Å². The lowest BCUT2D eigenvalue weighted by Gasteiger charge is -2.34. The van der Waals surface area contributed by atoms with Crippen molar-refractivity contribution in [1.29, 1.82) is 0 Å². The van der Waals surface area contributed by atoms with E-state index >= 15 is 0 Å². The van der Waals surface area contributed by atoms with Gasteiger partial charge in [-0.1, -0.05) is 33.1 Å². The summed E-state index contributed by atoms with van der Waals surface area (Å²) in [6.07, 6.45) is 6.42. The van der Waals surface area contributed by atoms with Crippen molar-refractivity contribution >= 4 is 0 Å². The van der Waals surface area contributed by atoms with E-state index in [1.54, 1.807) is 4.90 Å². The molecule has 2 heterocycles. The fraction of sp³-hybridized carbons (Fsp3) is 0.933. The molecule has 0 spiro atoms. The van der Waals surface area contributed by atoms with Crippen LogP contribution in [0.4, 0.5) is 0 Å². The third-order valence-electron chi connectivity index (χ3n) is 4.96. The quantitative estimate of drug-likeness (QED) is 0.892. The molecule has 0 bridgehead atoms. The zero-order valence-electron chi connectivity index (χ0n) is 13.3. The summed E-state index contributed by atoms with van der Waals surface area (Å²) in [4.78, 5) is 1.57. The van der Waals surface area contributed by atoms with Crippen LogP contribution in [0, 0.1) is 5.92 Å². The third-order valence-corrected chi connectivity index (χ3v) is 4.96. The van der Waals surface area contributed by atoms with Gasteiger partial charge in [-0.3, -0.25) is 0 Å². The summed E-state index contributed by atoms with van der Waals surface area (Å²) >= 11 is 0. The Hall–Kier alpha value is -1.01. The molecule has 1 N–H and O–H groups in total. The Morgan fingerprint density at radius 1 is 1.14 bits per heavy atom. The Morgan fingerprint density at radius 3 is 2.52 bits per heavy atom. The lowest BCUT2D eigenvalue weighted by Crippen LogP contribution is -3.15. The summed E-state index contributed by atoms with van der Waals surface area (Å²) in [6, 6.07) is 0.885. The van der Waals surface area contributed by atoms with Gasteiger partial charge in [0.25, 0.3) is 0 Å². The van der Waals surface area contributed by atoms with Crippen LogP contribution in [0.5, 0.6) is 0 Å². The van der Waals surface area contributed by atoms with Gasteiger partial charge in [0.1, 0.15) is 13.1 Å². The molecule has 118 valence electrons. The Bertz CT molecular complexity index is 435. The second-order valence-electron chi connectivity index (χ2n) is 6.77. The average Bonchev–Trinajstić information content (AvgIpc) is 2.98. The van der Waals surface area contributed by atoms with Crippen LogP contribution in [0.1, 0.15) is 63.9 Å². The molecule has 1 saturated carbocycles. The first kappa shape index (κ1) is 14.9. The van der Waals surface area contributed by atoms with Crippen LogP contribution in [-0.2, 0) is 4.74 Å². The predicted molar refractivity (Wildman–Crippen MR) is 79.0 cm³/mol. The molecule has 6 heteroatoms. The third kappa shape index (κ3) is 3.26. The molecule has 0 amide bonds. The maximum Gasteiger partial charge on any atom is 0.209 e. The summed E-state index contributed by atoms with van der Waals surface area (Å²) in [5, 5.41) is 12.8. The molecule has 0 unspecified atom stereocenters. The van der Waals surface area contributed by atoms with Crippen LogP contribution in [-0.4, -0.2) is 46.5 Å². The minimum Gasteiger partial charge on any atom is -0.370 e. The van der Waals surface area contributed by atoms with Crippen molar-refractivity contribution in [3.05, 3.63) is 5.82 Å². The zero-order chi connectivity index (χ0) is 14.7. The molecule has 1 aliphatic carbocycles. The fourth-order valence-corrected chi connectivity index (χ4v) is 3.89. The van der Waals surface area contributed by atoms with Crippen molar-refractivity contribution in [2.75, 3.05) is 26.3 Å². The summed E-state index contributed by atoms with van der Waals surface area (Å²) in [6.45, 7) is 8.38. The lowest BCUT2D eigenvalue weighted by molar-refractivity contribution is -0.943. The summed E-state index contributed by atoms with van der Waals surface area (Å²) in [5.41, 5.74) is 0. The molecule has 1 aromatic heterocycles. The van der Waals surface area contributed by atoms with Crippen molar-refractivity contribution in [2.45, 2.75) is 58.0 Å². The number of tetrazole rings is 1. The number of aromatic nitrogens is 4. The summed E-state index contributed by atoms with van der Waals surface area (Å²) < 4.78 is 7.66. The Morgan fingerprint density at radius 2 is 1.86 bits per heavy atom. The Kier molecular flexibility index (Phi) is 4.85. The van der Waals surface area contributed by atoms with Crippen LogP contribution in [0.25, 0.3) is 0 Å². The molecule has 1 aliphatic heterocycles. The van der Waals surface area contributed by atoms with E-state index in [1.807, 2.05) is 0 Å². The molecule has 1 atom stereocenters. The van der Waals surface area contributed by atoms with Crippen molar-refractivity contribution < 1.29 is 9.64 Å². The SMILES string of the molecule is CC(C)[C@H](c1nnnn1C1CCCCC1)[NH+]1CCOCC1. The number of hydrogen-bond acceptors (Lipinski definition) is 4. The monoisotopic (exact) mass is 294 g/mol. The van der Waals surface area contributed by atoms with Crippen LogP contribution < -0.4 is 4.90 Å². The number of hydrogen-bond donors (Lipinski definition) is 1. The van der Waals surface area contributed by atoms with Gasteiger partial charge in [0.15, 0.2) is 6.04 Å². The number of quaternary nitrogens is 1. The Balaban J connectivity index is 1.83. The Labute approximate surface area is 126 Å². The van der Waals surface area contributed by atoms with Gasteiger partial charge in [0.2, 0.25) is 5.82 Å². The van der Waals surface area contributed by atoms with Gasteiger partial charge in [-0.15, -0.1) is 5.10 Å². The smallest absolute Gasteiger partial charge is 0.209 e. The number of morpholine rings is 1. The summed E-state index contributed by atoms with van der Waals surface area (Å²) in [5.74, 6) is 1.63. The highest BCUT2D eigenvalue weighted by Gasteiger charge is 2.35. The van der Waals surface area contributed by atoms with E-state index in [0.717, 1.165) is 32.1 Å². The second kappa shape index (κ2) is 6.83.